The average molecular weight is 202 g/mol. The minimum absolute atomic E-state index is 0.931. The third-order valence-electron chi connectivity index (χ3n) is 2.28. The second-order valence-electron chi connectivity index (χ2n) is 3.48. The fraction of sp³-hybridized carbons (Fsp3) is 0.250. The molecule has 2 aromatic rings. The lowest BCUT2D eigenvalue weighted by Gasteiger charge is -2.04. The predicted octanol–water partition coefficient (Wildman–Crippen LogP) is 3.15. The number of nitrogens with zero attached hydrogens (tertiary/aromatic N) is 1. The minimum Gasteiger partial charge on any atom is -0.249 e. The molecule has 1 aromatic carbocycles. The zero-order chi connectivity index (χ0) is 9.97. The Morgan fingerprint density at radius 2 is 2.21 bits per heavy atom. The van der Waals surface area contributed by atoms with Gasteiger partial charge in [-0.15, -0.1) is 11.3 Å². The summed E-state index contributed by atoms with van der Waals surface area (Å²) in [6.07, 6.45) is 2.67. The summed E-state index contributed by atoms with van der Waals surface area (Å²) >= 11 is 1.59. The molecule has 0 unspecified atom stereocenters. The molecule has 0 aliphatic heterocycles. The number of hydrogen-bond acceptors (Lipinski definition) is 2. The van der Waals surface area contributed by atoms with Crippen molar-refractivity contribution in [1.29, 1.82) is 0 Å². The molecule has 2 heteroatoms. The Morgan fingerprint density at radius 1 is 1.36 bits per heavy atom. The molecule has 0 bridgehead atoms. The van der Waals surface area contributed by atoms with Crippen molar-refractivity contribution in [3.63, 3.8) is 0 Å². The van der Waals surface area contributed by atoms with E-state index in [2.05, 4.69) is 42.4 Å². The monoisotopic (exact) mass is 202 g/mol. The fourth-order valence-electron chi connectivity index (χ4n) is 1.51. The van der Waals surface area contributed by atoms with Gasteiger partial charge in [-0.05, 0) is 25.0 Å². The highest BCUT2D eigenvalue weighted by atomic mass is 32.1. The lowest BCUT2D eigenvalue weighted by atomic mass is 10.0. The number of aromatic nitrogens is 1. The molecule has 2 rings (SSSR count). The molecule has 14 heavy (non-hydrogen) atoms. The molecule has 0 aliphatic rings. The minimum atomic E-state index is 0.931. The summed E-state index contributed by atoms with van der Waals surface area (Å²) in [6.45, 7) is 4.27. The molecule has 0 saturated heterocycles. The summed E-state index contributed by atoms with van der Waals surface area (Å²) < 4.78 is 0. The quantitative estimate of drug-likeness (QED) is 0.729. The van der Waals surface area contributed by atoms with E-state index in [1.54, 1.807) is 17.5 Å². The van der Waals surface area contributed by atoms with E-state index in [0.29, 0.717) is 0 Å². The Bertz CT molecular complexity index is 418. The van der Waals surface area contributed by atoms with Crippen molar-refractivity contribution < 1.29 is 0 Å². The SMILES string of the molecule is Cc1ccc(Cc2nc[c]s2)c(C)c1. The number of benzene rings is 1. The van der Waals surface area contributed by atoms with Gasteiger partial charge in [-0.25, -0.2) is 4.98 Å². The first-order valence-electron chi connectivity index (χ1n) is 4.62. The van der Waals surface area contributed by atoms with Crippen LogP contribution in [0.4, 0.5) is 0 Å². The highest BCUT2D eigenvalue weighted by Gasteiger charge is 2.01. The highest BCUT2D eigenvalue weighted by molar-refractivity contribution is 7.09. The van der Waals surface area contributed by atoms with Crippen LogP contribution < -0.4 is 0 Å². The van der Waals surface area contributed by atoms with Crippen molar-refractivity contribution in [1.82, 2.24) is 4.98 Å². The smallest absolute Gasteiger partial charge is 0.0975 e. The normalized spacial score (nSPS) is 10.4. The van der Waals surface area contributed by atoms with E-state index in [0.717, 1.165) is 11.4 Å². The Balaban J connectivity index is 2.25. The van der Waals surface area contributed by atoms with Gasteiger partial charge in [-0.3, -0.25) is 0 Å². The Kier molecular flexibility index (Phi) is 2.64. The molecule has 0 amide bonds. The zero-order valence-electron chi connectivity index (χ0n) is 8.37. The third-order valence-corrected chi connectivity index (χ3v) is 2.99. The second kappa shape index (κ2) is 3.93. The number of rotatable bonds is 2. The van der Waals surface area contributed by atoms with Gasteiger partial charge in [-0.2, -0.15) is 0 Å². The molecule has 71 valence electrons. The van der Waals surface area contributed by atoms with E-state index >= 15 is 0 Å². The van der Waals surface area contributed by atoms with Gasteiger partial charge in [0.15, 0.2) is 0 Å². The van der Waals surface area contributed by atoms with Crippen molar-refractivity contribution in [2.24, 2.45) is 0 Å². The van der Waals surface area contributed by atoms with Crippen LogP contribution in [0.2, 0.25) is 0 Å². The summed E-state index contributed by atoms with van der Waals surface area (Å²) in [5.41, 5.74) is 4.02. The largest absolute Gasteiger partial charge is 0.249 e. The summed E-state index contributed by atoms with van der Waals surface area (Å²) in [5, 5.41) is 4.15. The topological polar surface area (TPSA) is 12.9 Å². The van der Waals surface area contributed by atoms with E-state index in [4.69, 9.17) is 0 Å². The van der Waals surface area contributed by atoms with E-state index in [-0.39, 0.29) is 0 Å². The van der Waals surface area contributed by atoms with Gasteiger partial charge in [0.25, 0.3) is 0 Å². The van der Waals surface area contributed by atoms with Crippen LogP contribution >= 0.6 is 11.3 Å². The second-order valence-corrected chi connectivity index (χ2v) is 4.39. The molecule has 1 aromatic heterocycles. The first kappa shape index (κ1) is 9.41. The van der Waals surface area contributed by atoms with Crippen LogP contribution in [0.5, 0.6) is 0 Å². The van der Waals surface area contributed by atoms with Crippen LogP contribution in [0.15, 0.2) is 24.4 Å². The maximum atomic E-state index is 4.24. The molecule has 0 N–H and O–H groups in total. The van der Waals surface area contributed by atoms with E-state index in [1.165, 1.54) is 16.7 Å². The molecular formula is C12H12NS. The fourth-order valence-corrected chi connectivity index (χ4v) is 2.08. The Hall–Kier alpha value is -1.15. The van der Waals surface area contributed by atoms with E-state index in [1.807, 2.05) is 0 Å². The van der Waals surface area contributed by atoms with Gasteiger partial charge in [-0.1, -0.05) is 23.8 Å². The van der Waals surface area contributed by atoms with Crippen molar-refractivity contribution in [2.45, 2.75) is 20.3 Å². The van der Waals surface area contributed by atoms with Crippen LogP contribution in [-0.2, 0) is 6.42 Å². The van der Waals surface area contributed by atoms with Crippen LogP contribution in [-0.4, -0.2) is 4.98 Å². The summed E-state index contributed by atoms with van der Waals surface area (Å²) in [4.78, 5) is 4.24. The average Bonchev–Trinajstić information content (AvgIpc) is 2.62. The van der Waals surface area contributed by atoms with Crippen LogP contribution in [0.25, 0.3) is 0 Å². The summed E-state index contributed by atoms with van der Waals surface area (Å²) in [5.74, 6) is 0. The molecule has 0 aliphatic carbocycles. The Morgan fingerprint density at radius 3 is 2.86 bits per heavy atom. The van der Waals surface area contributed by atoms with Gasteiger partial charge < -0.3 is 0 Å². The molecule has 0 saturated carbocycles. The maximum absolute atomic E-state index is 4.24. The predicted molar refractivity (Wildman–Crippen MR) is 59.7 cm³/mol. The molecular weight excluding hydrogens is 190 g/mol. The zero-order valence-corrected chi connectivity index (χ0v) is 9.19. The van der Waals surface area contributed by atoms with Crippen molar-refractivity contribution in [2.75, 3.05) is 0 Å². The number of thiazole rings is 1. The first-order chi connectivity index (χ1) is 6.75. The highest BCUT2D eigenvalue weighted by Crippen LogP contribution is 2.16. The summed E-state index contributed by atoms with van der Waals surface area (Å²) in [7, 11) is 0. The molecule has 0 spiro atoms. The van der Waals surface area contributed by atoms with Crippen LogP contribution in [0.1, 0.15) is 21.7 Å². The molecule has 0 atom stereocenters. The lowest BCUT2D eigenvalue weighted by molar-refractivity contribution is 1.11. The third kappa shape index (κ3) is 2.02. The molecule has 0 fully saturated rings. The van der Waals surface area contributed by atoms with Crippen LogP contribution in [0, 0.1) is 19.2 Å². The Labute approximate surface area is 88.4 Å². The number of aryl methyl sites for hydroxylation is 2. The molecule has 1 radical (unpaired) electrons. The van der Waals surface area contributed by atoms with Gasteiger partial charge >= 0.3 is 0 Å². The van der Waals surface area contributed by atoms with Crippen molar-refractivity contribution in [3.8, 4) is 0 Å². The maximum Gasteiger partial charge on any atom is 0.0975 e. The number of hydrogen-bond donors (Lipinski definition) is 0. The first-order valence-corrected chi connectivity index (χ1v) is 5.44. The van der Waals surface area contributed by atoms with Gasteiger partial charge in [0, 0.05) is 12.6 Å². The van der Waals surface area contributed by atoms with Crippen molar-refractivity contribution in [3.05, 3.63) is 51.5 Å². The van der Waals surface area contributed by atoms with Crippen molar-refractivity contribution >= 4 is 11.3 Å². The van der Waals surface area contributed by atoms with Gasteiger partial charge in [0.2, 0.25) is 0 Å². The molecule has 1 heterocycles. The van der Waals surface area contributed by atoms with Crippen LogP contribution in [0.3, 0.4) is 0 Å². The summed E-state index contributed by atoms with van der Waals surface area (Å²) in [6, 6.07) is 6.55. The van der Waals surface area contributed by atoms with Gasteiger partial charge in [0.1, 0.15) is 0 Å². The van der Waals surface area contributed by atoms with Gasteiger partial charge in [0.05, 0.1) is 10.4 Å². The molecule has 1 nitrogen and oxygen atoms in total. The van der Waals surface area contributed by atoms with E-state index in [9.17, 15) is 0 Å². The standard InChI is InChI=1S/C12H12NS/c1-9-3-4-11(10(2)7-9)8-12-13-5-6-14-12/h3-5,7H,8H2,1-2H3. The van der Waals surface area contributed by atoms with E-state index < -0.39 is 0 Å². The lowest BCUT2D eigenvalue weighted by Crippen LogP contribution is -1.91.